The molecule has 6 amide bonds. The molecule has 0 unspecified atom stereocenters. The highest BCUT2D eigenvalue weighted by Crippen LogP contribution is 2.31. The Morgan fingerprint density at radius 1 is 0.850 bits per heavy atom. The van der Waals surface area contributed by atoms with Crippen molar-refractivity contribution in [3.05, 3.63) is 59.7 Å². The molecule has 1 aliphatic carbocycles. The number of carbonyl (C=O) groups excluding carboxylic acids is 6. The maximum Gasteiger partial charge on any atom is 0.252 e. The molecule has 0 radical (unpaired) electrons. The van der Waals surface area contributed by atoms with Crippen LogP contribution in [-0.4, -0.2) is 129 Å². The van der Waals surface area contributed by atoms with Gasteiger partial charge < -0.3 is 50.0 Å². The molecule has 0 bridgehead atoms. The molecule has 3 aliphatic rings. The van der Waals surface area contributed by atoms with E-state index < -0.39 is 59.7 Å². The quantitative estimate of drug-likeness (QED) is 0.262. The predicted molar refractivity (Wildman–Crippen MR) is 222 cm³/mol. The number of carbonyl (C=O) groups is 6. The lowest BCUT2D eigenvalue weighted by Crippen LogP contribution is -2.59. The summed E-state index contributed by atoms with van der Waals surface area (Å²) < 4.78 is 23.9. The van der Waals surface area contributed by atoms with E-state index in [4.69, 9.17) is 18.9 Å². The van der Waals surface area contributed by atoms with E-state index in [0.29, 0.717) is 56.3 Å². The summed E-state index contributed by atoms with van der Waals surface area (Å²) in [4.78, 5) is 85.0. The zero-order valence-corrected chi connectivity index (χ0v) is 35.5. The van der Waals surface area contributed by atoms with Crippen molar-refractivity contribution in [3.8, 4) is 11.5 Å². The summed E-state index contributed by atoms with van der Waals surface area (Å²) in [7, 11) is 3.17. The lowest BCUT2D eigenvalue weighted by molar-refractivity contribution is -0.143. The van der Waals surface area contributed by atoms with Crippen molar-refractivity contribution in [1.29, 1.82) is 0 Å². The fourth-order valence-electron chi connectivity index (χ4n) is 7.00. The van der Waals surface area contributed by atoms with Crippen LogP contribution in [-0.2, 0) is 40.1 Å². The van der Waals surface area contributed by atoms with Crippen molar-refractivity contribution < 1.29 is 47.7 Å². The Bertz CT molecular complexity index is 1790. The molecule has 16 nitrogen and oxygen atoms in total. The lowest BCUT2D eigenvalue weighted by atomic mass is 10.0. The van der Waals surface area contributed by atoms with Gasteiger partial charge >= 0.3 is 0 Å². The van der Waals surface area contributed by atoms with Gasteiger partial charge in [0.2, 0.25) is 29.5 Å². The Hall–Kier alpha value is -5.22. The summed E-state index contributed by atoms with van der Waals surface area (Å²) in [5.74, 6) is -1.80. The van der Waals surface area contributed by atoms with Gasteiger partial charge in [0.15, 0.2) is 0 Å². The molecule has 60 heavy (non-hydrogen) atoms. The standard InChI is InChI=1S/C44H62N6O10/c1-28(2)20-35-40(52)45-29(3)43(55)50-17-11-14-38(50)42(54)48-37(44(56)49(4)5)27-58-19-10-9-18-57-26-36(41(53)46-35)47-39(51)32-21-33(59-24-30-12-7-6-8-13-30)23-34(22-32)60-25-31-15-16-31/h6-8,12-13,21-23,28-29,31,35-38H,9-11,14-20,24-27H2,1-5H3,(H,45,52)(H,46,53)(H,47,51)(H,48,54)/t29-,35-,36-,37-,38-/m0/s1. The van der Waals surface area contributed by atoms with Crippen molar-refractivity contribution in [2.45, 2.75) is 103 Å². The van der Waals surface area contributed by atoms with E-state index in [1.165, 1.54) is 16.7 Å². The van der Waals surface area contributed by atoms with Crippen LogP contribution in [0.4, 0.5) is 0 Å². The number of nitrogens with zero attached hydrogens (tertiary/aromatic N) is 2. The molecule has 1 saturated carbocycles. The first-order valence-corrected chi connectivity index (χ1v) is 21.1. The highest BCUT2D eigenvalue weighted by Gasteiger charge is 2.39. The largest absolute Gasteiger partial charge is 0.493 e. The van der Waals surface area contributed by atoms with E-state index in [0.717, 1.165) is 18.4 Å². The van der Waals surface area contributed by atoms with Crippen LogP contribution in [0.2, 0.25) is 0 Å². The van der Waals surface area contributed by atoms with E-state index in [-0.39, 0.29) is 56.8 Å². The SMILES string of the molecule is CC(C)C[C@@H]1NC(=O)[C@@H](NC(=O)c2cc(OCc3ccccc3)cc(OCC3CC3)c2)COCCCCOC[C@@H](C(=O)N(C)C)NC(=O)[C@@H]2CCCN2C(=O)[C@H](C)NC1=O. The first-order valence-electron chi connectivity index (χ1n) is 21.1. The normalized spacial score (nSPS) is 24.0. The first-order chi connectivity index (χ1) is 28.8. The number of benzene rings is 2. The molecule has 0 spiro atoms. The average molecular weight is 835 g/mol. The summed E-state index contributed by atoms with van der Waals surface area (Å²) in [6.07, 6.45) is 4.43. The third-order valence-corrected chi connectivity index (χ3v) is 10.6. The van der Waals surface area contributed by atoms with Gasteiger partial charge in [-0.25, -0.2) is 0 Å². The van der Waals surface area contributed by atoms with Gasteiger partial charge in [-0.1, -0.05) is 44.2 Å². The number of hydrogen-bond donors (Lipinski definition) is 4. The minimum atomic E-state index is -1.21. The van der Waals surface area contributed by atoms with Crippen molar-refractivity contribution >= 4 is 35.4 Å². The van der Waals surface area contributed by atoms with Gasteiger partial charge in [0.05, 0.1) is 19.8 Å². The number of nitrogens with one attached hydrogen (secondary N) is 4. The molecule has 5 rings (SSSR count). The highest BCUT2D eigenvalue weighted by molar-refractivity contribution is 5.99. The molecule has 2 aliphatic heterocycles. The van der Waals surface area contributed by atoms with Crippen LogP contribution in [0.5, 0.6) is 11.5 Å². The Morgan fingerprint density at radius 2 is 1.53 bits per heavy atom. The van der Waals surface area contributed by atoms with E-state index in [1.807, 2.05) is 44.2 Å². The Morgan fingerprint density at radius 3 is 2.20 bits per heavy atom. The smallest absolute Gasteiger partial charge is 0.252 e. The lowest BCUT2D eigenvalue weighted by Gasteiger charge is -2.30. The van der Waals surface area contributed by atoms with Crippen molar-refractivity contribution in [2.75, 3.05) is 53.7 Å². The van der Waals surface area contributed by atoms with E-state index in [1.54, 1.807) is 32.3 Å². The fourth-order valence-corrected chi connectivity index (χ4v) is 7.00. The number of hydrogen-bond acceptors (Lipinski definition) is 10. The highest BCUT2D eigenvalue weighted by atomic mass is 16.5. The number of rotatable bonds is 11. The van der Waals surface area contributed by atoms with Gasteiger partial charge in [0, 0.05) is 45.5 Å². The molecule has 328 valence electrons. The molecule has 2 aromatic rings. The van der Waals surface area contributed by atoms with Crippen LogP contribution in [0.15, 0.2) is 48.5 Å². The number of likely N-dealkylation sites (N-methyl/N-ethyl adjacent to an activating group) is 1. The van der Waals surface area contributed by atoms with Crippen molar-refractivity contribution in [2.24, 2.45) is 11.8 Å². The van der Waals surface area contributed by atoms with Gasteiger partial charge in [0.25, 0.3) is 5.91 Å². The van der Waals surface area contributed by atoms with Gasteiger partial charge in [-0.05, 0) is 81.4 Å². The van der Waals surface area contributed by atoms with Crippen LogP contribution < -0.4 is 30.7 Å². The molecule has 3 fully saturated rings. The fraction of sp³-hybridized carbons (Fsp3) is 0.591. The molecule has 2 saturated heterocycles. The van der Waals surface area contributed by atoms with Gasteiger partial charge in [-0.15, -0.1) is 0 Å². The Labute approximate surface area is 352 Å². The van der Waals surface area contributed by atoms with Crippen molar-refractivity contribution in [1.82, 2.24) is 31.1 Å². The summed E-state index contributed by atoms with van der Waals surface area (Å²) in [6, 6.07) is 9.44. The maximum atomic E-state index is 14.1. The molecule has 5 atom stereocenters. The van der Waals surface area contributed by atoms with Crippen LogP contribution >= 0.6 is 0 Å². The maximum absolute atomic E-state index is 14.1. The monoisotopic (exact) mass is 834 g/mol. The number of fused-ring (bicyclic) bond motifs is 1. The molecular formula is C44H62N6O10. The van der Waals surface area contributed by atoms with Crippen LogP contribution in [0.3, 0.4) is 0 Å². The first kappa shape index (κ1) is 45.9. The van der Waals surface area contributed by atoms with Gasteiger partial charge in [-0.2, -0.15) is 0 Å². The minimum absolute atomic E-state index is 0.0368. The molecule has 2 heterocycles. The third-order valence-electron chi connectivity index (χ3n) is 10.6. The summed E-state index contributed by atoms with van der Waals surface area (Å²) in [5, 5.41) is 11.2. The van der Waals surface area contributed by atoms with Crippen LogP contribution in [0, 0.1) is 11.8 Å². The number of ether oxygens (including phenoxy) is 4. The van der Waals surface area contributed by atoms with Gasteiger partial charge in [-0.3, -0.25) is 28.8 Å². The molecule has 16 heteroatoms. The third kappa shape index (κ3) is 13.9. The second kappa shape index (κ2) is 22.4. The topological polar surface area (TPSA) is 194 Å². The minimum Gasteiger partial charge on any atom is -0.493 e. The molecule has 4 N–H and O–H groups in total. The molecular weight excluding hydrogens is 773 g/mol. The second-order valence-corrected chi connectivity index (χ2v) is 16.5. The predicted octanol–water partition coefficient (Wildman–Crippen LogP) is 2.58. The summed E-state index contributed by atoms with van der Waals surface area (Å²) in [6.45, 7) is 6.60. The summed E-state index contributed by atoms with van der Waals surface area (Å²) in [5.41, 5.74) is 1.16. The van der Waals surface area contributed by atoms with E-state index in [9.17, 15) is 28.8 Å². The zero-order valence-electron chi connectivity index (χ0n) is 35.5. The van der Waals surface area contributed by atoms with E-state index >= 15 is 0 Å². The van der Waals surface area contributed by atoms with Gasteiger partial charge in [0.1, 0.15) is 48.3 Å². The summed E-state index contributed by atoms with van der Waals surface area (Å²) >= 11 is 0. The van der Waals surface area contributed by atoms with Crippen molar-refractivity contribution in [3.63, 3.8) is 0 Å². The van der Waals surface area contributed by atoms with E-state index in [2.05, 4.69) is 21.3 Å². The Balaban J connectivity index is 1.35. The number of amides is 6. The second-order valence-electron chi connectivity index (χ2n) is 16.5. The molecule has 2 aromatic carbocycles. The van der Waals surface area contributed by atoms with Crippen LogP contribution in [0.25, 0.3) is 0 Å². The zero-order chi connectivity index (χ0) is 43.2. The average Bonchev–Trinajstić information content (AvgIpc) is 3.93. The molecule has 0 aromatic heterocycles. The Kier molecular flexibility index (Phi) is 17.1. The van der Waals surface area contributed by atoms with Crippen LogP contribution in [0.1, 0.15) is 81.6 Å².